The lowest BCUT2D eigenvalue weighted by Gasteiger charge is -2.34. The van der Waals surface area contributed by atoms with Crippen LogP contribution in [-0.4, -0.2) is 46.7 Å². The minimum absolute atomic E-state index is 0.0644. The third kappa shape index (κ3) is 2.44. The molecular weight excluding hydrogens is 216 g/mol. The summed E-state index contributed by atoms with van der Waals surface area (Å²) >= 11 is 0. The highest BCUT2D eigenvalue weighted by molar-refractivity contribution is 5.95. The summed E-state index contributed by atoms with van der Waals surface area (Å²) < 4.78 is 0. The van der Waals surface area contributed by atoms with Gasteiger partial charge in [0, 0.05) is 25.7 Å². The number of carbonyl (C=O) groups is 1. The monoisotopic (exact) mass is 234 g/mol. The maximum absolute atomic E-state index is 12.4. The van der Waals surface area contributed by atoms with Crippen molar-refractivity contribution in [3.05, 3.63) is 23.0 Å². The number of aryl methyl sites for hydroxylation is 2. The van der Waals surface area contributed by atoms with Gasteiger partial charge < -0.3 is 10.2 Å². The van der Waals surface area contributed by atoms with Crippen molar-refractivity contribution in [2.45, 2.75) is 26.8 Å². The zero-order chi connectivity index (χ0) is 12.4. The maximum Gasteiger partial charge on any atom is 0.256 e. The summed E-state index contributed by atoms with van der Waals surface area (Å²) in [5.74, 6) is 0.0644. The van der Waals surface area contributed by atoms with E-state index in [-0.39, 0.29) is 11.9 Å². The number of piperazine rings is 1. The molecule has 5 heteroatoms. The van der Waals surface area contributed by atoms with Crippen LogP contribution in [-0.2, 0) is 0 Å². The summed E-state index contributed by atoms with van der Waals surface area (Å²) in [4.78, 5) is 14.3. The Kier molecular flexibility index (Phi) is 3.38. The molecule has 1 amide bonds. The van der Waals surface area contributed by atoms with Gasteiger partial charge in [-0.2, -0.15) is 10.2 Å². The fourth-order valence-electron chi connectivity index (χ4n) is 2.06. The predicted molar refractivity (Wildman–Crippen MR) is 64.9 cm³/mol. The Morgan fingerprint density at radius 3 is 2.94 bits per heavy atom. The van der Waals surface area contributed by atoms with E-state index in [0.29, 0.717) is 11.3 Å². The first kappa shape index (κ1) is 12.0. The first-order chi connectivity index (χ1) is 8.09. The summed E-state index contributed by atoms with van der Waals surface area (Å²) in [6.45, 7) is 8.19. The second-order valence-corrected chi connectivity index (χ2v) is 4.54. The molecule has 0 bridgehead atoms. The first-order valence-electron chi connectivity index (χ1n) is 5.92. The molecule has 1 aliphatic rings. The molecule has 1 N–H and O–H groups in total. The largest absolute Gasteiger partial charge is 0.333 e. The molecule has 0 spiro atoms. The van der Waals surface area contributed by atoms with E-state index in [4.69, 9.17) is 0 Å². The van der Waals surface area contributed by atoms with Gasteiger partial charge >= 0.3 is 0 Å². The molecule has 0 radical (unpaired) electrons. The molecule has 2 rings (SSSR count). The van der Waals surface area contributed by atoms with Gasteiger partial charge in [-0.25, -0.2) is 0 Å². The number of hydrogen-bond acceptors (Lipinski definition) is 4. The van der Waals surface area contributed by atoms with Crippen LogP contribution >= 0.6 is 0 Å². The van der Waals surface area contributed by atoms with Crippen molar-refractivity contribution in [1.82, 2.24) is 20.4 Å². The summed E-state index contributed by atoms with van der Waals surface area (Å²) in [5, 5.41) is 11.2. The third-order valence-corrected chi connectivity index (χ3v) is 3.09. The standard InChI is InChI=1S/C12H18N4O/c1-8-6-11(10(3)15-14-8)12(17)16-5-4-13-7-9(16)2/h6,9,13H,4-5,7H2,1-3H3. The van der Waals surface area contributed by atoms with Gasteiger partial charge in [-0.15, -0.1) is 0 Å². The number of rotatable bonds is 1. The van der Waals surface area contributed by atoms with Gasteiger partial charge in [0.2, 0.25) is 0 Å². The van der Waals surface area contributed by atoms with Crippen molar-refractivity contribution in [3.63, 3.8) is 0 Å². The van der Waals surface area contributed by atoms with Crippen LogP contribution in [0.1, 0.15) is 28.7 Å². The summed E-state index contributed by atoms with van der Waals surface area (Å²) in [5.41, 5.74) is 2.15. The van der Waals surface area contributed by atoms with E-state index >= 15 is 0 Å². The quantitative estimate of drug-likeness (QED) is 0.770. The van der Waals surface area contributed by atoms with Crippen LogP contribution in [0.15, 0.2) is 6.07 Å². The number of amides is 1. The number of aromatic nitrogens is 2. The van der Waals surface area contributed by atoms with Gasteiger partial charge in [-0.05, 0) is 26.8 Å². The molecule has 1 unspecified atom stereocenters. The first-order valence-corrected chi connectivity index (χ1v) is 5.92. The zero-order valence-electron chi connectivity index (χ0n) is 10.5. The molecule has 0 aromatic carbocycles. The molecule has 1 aliphatic heterocycles. The molecule has 1 fully saturated rings. The van der Waals surface area contributed by atoms with Crippen molar-refractivity contribution < 1.29 is 4.79 Å². The number of hydrogen-bond donors (Lipinski definition) is 1. The summed E-state index contributed by atoms with van der Waals surface area (Å²) in [7, 11) is 0. The lowest BCUT2D eigenvalue weighted by molar-refractivity contribution is 0.0654. The van der Waals surface area contributed by atoms with Crippen molar-refractivity contribution >= 4 is 5.91 Å². The van der Waals surface area contributed by atoms with Gasteiger partial charge in [-0.3, -0.25) is 4.79 Å². The van der Waals surface area contributed by atoms with Crippen LogP contribution in [0.4, 0.5) is 0 Å². The van der Waals surface area contributed by atoms with Gasteiger partial charge in [0.15, 0.2) is 0 Å². The minimum Gasteiger partial charge on any atom is -0.333 e. The second kappa shape index (κ2) is 4.79. The van der Waals surface area contributed by atoms with Gasteiger partial charge in [0.25, 0.3) is 5.91 Å². The van der Waals surface area contributed by atoms with Crippen molar-refractivity contribution in [2.24, 2.45) is 0 Å². The Balaban J connectivity index is 2.26. The molecular formula is C12H18N4O. The van der Waals surface area contributed by atoms with Crippen LogP contribution in [0, 0.1) is 13.8 Å². The van der Waals surface area contributed by atoms with Crippen molar-refractivity contribution in [3.8, 4) is 0 Å². The van der Waals surface area contributed by atoms with E-state index in [1.54, 1.807) is 0 Å². The molecule has 5 nitrogen and oxygen atoms in total. The lowest BCUT2D eigenvalue weighted by Crippen LogP contribution is -2.52. The van der Waals surface area contributed by atoms with Crippen LogP contribution in [0.5, 0.6) is 0 Å². The van der Waals surface area contributed by atoms with E-state index in [9.17, 15) is 4.79 Å². The molecule has 0 saturated carbocycles. The van der Waals surface area contributed by atoms with Crippen LogP contribution in [0.2, 0.25) is 0 Å². The Labute approximate surface area is 101 Å². The SMILES string of the molecule is Cc1cc(C(=O)N2CCNCC2C)c(C)nn1. The summed E-state index contributed by atoms with van der Waals surface area (Å²) in [6.07, 6.45) is 0. The topological polar surface area (TPSA) is 58.1 Å². The predicted octanol–water partition coefficient (Wildman–Crippen LogP) is 0.527. The third-order valence-electron chi connectivity index (χ3n) is 3.09. The fourth-order valence-corrected chi connectivity index (χ4v) is 2.06. The lowest BCUT2D eigenvalue weighted by atomic mass is 10.1. The van der Waals surface area contributed by atoms with Crippen LogP contribution < -0.4 is 5.32 Å². The smallest absolute Gasteiger partial charge is 0.256 e. The van der Waals surface area contributed by atoms with E-state index in [1.807, 2.05) is 24.8 Å². The maximum atomic E-state index is 12.4. The second-order valence-electron chi connectivity index (χ2n) is 4.54. The van der Waals surface area contributed by atoms with Gasteiger partial charge in [-0.1, -0.05) is 0 Å². The Hall–Kier alpha value is -1.49. The van der Waals surface area contributed by atoms with E-state index in [2.05, 4.69) is 22.4 Å². The molecule has 2 heterocycles. The average molecular weight is 234 g/mol. The van der Waals surface area contributed by atoms with E-state index in [0.717, 1.165) is 25.3 Å². The zero-order valence-corrected chi connectivity index (χ0v) is 10.5. The molecule has 92 valence electrons. The molecule has 1 saturated heterocycles. The van der Waals surface area contributed by atoms with Crippen LogP contribution in [0.25, 0.3) is 0 Å². The van der Waals surface area contributed by atoms with E-state index in [1.165, 1.54) is 0 Å². The van der Waals surface area contributed by atoms with Crippen molar-refractivity contribution in [2.75, 3.05) is 19.6 Å². The van der Waals surface area contributed by atoms with Gasteiger partial charge in [0.05, 0.1) is 17.0 Å². The molecule has 0 aliphatic carbocycles. The number of nitrogens with zero attached hydrogens (tertiary/aromatic N) is 3. The average Bonchev–Trinajstić information content (AvgIpc) is 2.32. The minimum atomic E-state index is 0.0644. The molecule has 17 heavy (non-hydrogen) atoms. The van der Waals surface area contributed by atoms with Gasteiger partial charge in [0.1, 0.15) is 0 Å². The highest BCUT2D eigenvalue weighted by Crippen LogP contribution is 2.13. The van der Waals surface area contributed by atoms with Crippen molar-refractivity contribution in [1.29, 1.82) is 0 Å². The molecule has 1 aromatic heterocycles. The number of carbonyl (C=O) groups excluding carboxylic acids is 1. The highest BCUT2D eigenvalue weighted by atomic mass is 16.2. The molecule has 1 atom stereocenters. The Bertz CT molecular complexity index is 433. The summed E-state index contributed by atoms with van der Waals surface area (Å²) in [6, 6.07) is 2.04. The normalized spacial score (nSPS) is 20.4. The van der Waals surface area contributed by atoms with Crippen LogP contribution in [0.3, 0.4) is 0 Å². The Morgan fingerprint density at radius 1 is 1.47 bits per heavy atom. The van der Waals surface area contributed by atoms with E-state index < -0.39 is 0 Å². The fraction of sp³-hybridized carbons (Fsp3) is 0.583. The Morgan fingerprint density at radius 2 is 2.24 bits per heavy atom. The number of nitrogens with one attached hydrogen (secondary N) is 1. The molecule has 1 aromatic rings. The highest BCUT2D eigenvalue weighted by Gasteiger charge is 2.25.